The average molecular weight is 201 g/mol. The number of nitrogens with zero attached hydrogens (tertiary/aromatic N) is 1. The first kappa shape index (κ1) is 9.34. The normalized spacial score (nSPS) is 26.8. The van der Waals surface area contributed by atoms with E-state index in [0.29, 0.717) is 0 Å². The van der Waals surface area contributed by atoms with E-state index in [-0.39, 0.29) is 11.5 Å². The molecule has 1 aliphatic heterocycles. The van der Waals surface area contributed by atoms with Gasteiger partial charge >= 0.3 is 5.97 Å². The molecule has 0 bridgehead atoms. The van der Waals surface area contributed by atoms with Crippen LogP contribution in [-0.4, -0.2) is 48.1 Å². The highest BCUT2D eigenvalue weighted by Crippen LogP contribution is 2.43. The molecule has 0 atom stereocenters. The topological polar surface area (TPSA) is 29.5 Å². The second-order valence-electron chi connectivity index (χ2n) is 3.62. The van der Waals surface area contributed by atoms with E-state index in [0.717, 1.165) is 37.4 Å². The summed E-state index contributed by atoms with van der Waals surface area (Å²) in [5.41, 5.74) is -0.213. The molecule has 1 heterocycles. The monoisotopic (exact) mass is 201 g/mol. The van der Waals surface area contributed by atoms with Crippen molar-refractivity contribution in [2.24, 2.45) is 0 Å². The third kappa shape index (κ3) is 1.57. The van der Waals surface area contributed by atoms with Gasteiger partial charge in [0.25, 0.3) is 0 Å². The molecule has 3 nitrogen and oxygen atoms in total. The van der Waals surface area contributed by atoms with Gasteiger partial charge in [0.15, 0.2) is 0 Å². The molecule has 1 saturated heterocycles. The smallest absolute Gasteiger partial charge is 0.326 e. The predicted octanol–water partition coefficient (Wildman–Crippen LogP) is 0.741. The summed E-state index contributed by atoms with van der Waals surface area (Å²) >= 11 is 1.97. The lowest BCUT2D eigenvalue weighted by atomic mass is 10.2. The van der Waals surface area contributed by atoms with Gasteiger partial charge in [-0.3, -0.25) is 9.69 Å². The molecule has 74 valence electrons. The van der Waals surface area contributed by atoms with Crippen LogP contribution in [0, 0.1) is 0 Å². The number of hydrogen-bond acceptors (Lipinski definition) is 4. The van der Waals surface area contributed by atoms with Gasteiger partial charge in [-0.15, -0.1) is 0 Å². The van der Waals surface area contributed by atoms with Crippen molar-refractivity contribution < 1.29 is 9.53 Å². The summed E-state index contributed by atoms with van der Waals surface area (Å²) in [5.74, 6) is 2.27. The molecule has 13 heavy (non-hydrogen) atoms. The maximum atomic E-state index is 11.5. The van der Waals surface area contributed by atoms with Gasteiger partial charge in [-0.25, -0.2) is 0 Å². The summed E-state index contributed by atoms with van der Waals surface area (Å²) in [6.07, 6.45) is 1.98. The van der Waals surface area contributed by atoms with Crippen molar-refractivity contribution in [1.82, 2.24) is 4.90 Å². The predicted molar refractivity (Wildman–Crippen MR) is 52.9 cm³/mol. The zero-order chi connectivity index (χ0) is 9.31. The van der Waals surface area contributed by atoms with Crippen molar-refractivity contribution in [3.05, 3.63) is 0 Å². The van der Waals surface area contributed by atoms with E-state index < -0.39 is 0 Å². The van der Waals surface area contributed by atoms with E-state index in [4.69, 9.17) is 4.74 Å². The Kier molecular flexibility index (Phi) is 2.51. The van der Waals surface area contributed by atoms with Gasteiger partial charge in [0.1, 0.15) is 5.54 Å². The maximum absolute atomic E-state index is 11.5. The molecule has 2 aliphatic rings. The van der Waals surface area contributed by atoms with Crippen molar-refractivity contribution in [3.63, 3.8) is 0 Å². The molecule has 0 aromatic rings. The fourth-order valence-electron chi connectivity index (χ4n) is 1.95. The molecular formula is C9H15NO2S. The van der Waals surface area contributed by atoms with E-state index in [2.05, 4.69) is 4.90 Å². The summed E-state index contributed by atoms with van der Waals surface area (Å²) < 4.78 is 4.84. The van der Waals surface area contributed by atoms with Gasteiger partial charge < -0.3 is 4.74 Å². The minimum atomic E-state index is -0.213. The molecule has 2 rings (SSSR count). The Bertz CT molecular complexity index is 210. The quantitative estimate of drug-likeness (QED) is 0.616. The molecule has 4 heteroatoms. The molecule has 0 unspecified atom stereocenters. The van der Waals surface area contributed by atoms with Gasteiger partial charge in [0.05, 0.1) is 7.11 Å². The van der Waals surface area contributed by atoms with Crippen LogP contribution in [0.3, 0.4) is 0 Å². The Hall–Kier alpha value is -0.220. The van der Waals surface area contributed by atoms with Crippen LogP contribution < -0.4 is 0 Å². The van der Waals surface area contributed by atoms with E-state index >= 15 is 0 Å². The van der Waals surface area contributed by atoms with Gasteiger partial charge in [0, 0.05) is 24.6 Å². The number of hydrogen-bond donors (Lipinski definition) is 0. The number of methoxy groups -OCH3 is 1. The molecule has 0 N–H and O–H groups in total. The molecule has 0 aromatic carbocycles. The van der Waals surface area contributed by atoms with Crippen molar-refractivity contribution in [1.29, 1.82) is 0 Å². The SMILES string of the molecule is COC(=O)C1(N2CCSCC2)CC1. The van der Waals surface area contributed by atoms with Crippen molar-refractivity contribution >= 4 is 17.7 Å². The Morgan fingerprint density at radius 2 is 2.00 bits per heavy atom. The fourth-order valence-corrected chi connectivity index (χ4v) is 2.85. The van der Waals surface area contributed by atoms with Gasteiger partial charge in [-0.2, -0.15) is 11.8 Å². The minimum Gasteiger partial charge on any atom is -0.468 e. The van der Waals surface area contributed by atoms with Crippen LogP contribution in [0.25, 0.3) is 0 Å². The lowest BCUT2D eigenvalue weighted by molar-refractivity contribution is -0.148. The van der Waals surface area contributed by atoms with Gasteiger partial charge in [-0.05, 0) is 12.8 Å². The van der Waals surface area contributed by atoms with Crippen molar-refractivity contribution in [3.8, 4) is 0 Å². The van der Waals surface area contributed by atoms with Crippen LogP contribution in [0.4, 0.5) is 0 Å². The maximum Gasteiger partial charge on any atom is 0.326 e. The van der Waals surface area contributed by atoms with E-state index in [9.17, 15) is 4.79 Å². The van der Waals surface area contributed by atoms with Gasteiger partial charge in [0.2, 0.25) is 0 Å². The van der Waals surface area contributed by atoms with Crippen LogP contribution >= 0.6 is 11.8 Å². The highest BCUT2D eigenvalue weighted by atomic mass is 32.2. The molecule has 2 fully saturated rings. The lowest BCUT2D eigenvalue weighted by Crippen LogP contribution is -2.48. The lowest BCUT2D eigenvalue weighted by Gasteiger charge is -2.32. The second-order valence-corrected chi connectivity index (χ2v) is 4.85. The molecule has 1 aliphatic carbocycles. The second kappa shape index (κ2) is 3.50. The number of carbonyl (C=O) groups is 1. The zero-order valence-corrected chi connectivity index (χ0v) is 8.73. The first-order valence-corrected chi connectivity index (χ1v) is 5.86. The largest absolute Gasteiger partial charge is 0.468 e. The summed E-state index contributed by atoms with van der Waals surface area (Å²) in [5, 5.41) is 0. The van der Waals surface area contributed by atoms with Crippen LogP contribution in [-0.2, 0) is 9.53 Å². The first-order valence-electron chi connectivity index (χ1n) is 4.71. The Balaban J connectivity index is 2.01. The van der Waals surface area contributed by atoms with Crippen molar-refractivity contribution in [2.75, 3.05) is 31.7 Å². The number of esters is 1. The molecule has 0 amide bonds. The highest BCUT2D eigenvalue weighted by molar-refractivity contribution is 7.99. The number of rotatable bonds is 2. The number of ether oxygens (including phenoxy) is 1. The Morgan fingerprint density at radius 3 is 2.46 bits per heavy atom. The zero-order valence-electron chi connectivity index (χ0n) is 7.91. The van der Waals surface area contributed by atoms with Crippen LogP contribution in [0.1, 0.15) is 12.8 Å². The third-order valence-corrected chi connectivity index (χ3v) is 3.85. The van der Waals surface area contributed by atoms with Crippen LogP contribution in [0.2, 0.25) is 0 Å². The fraction of sp³-hybridized carbons (Fsp3) is 0.889. The Morgan fingerprint density at radius 1 is 1.38 bits per heavy atom. The summed E-state index contributed by atoms with van der Waals surface area (Å²) in [7, 11) is 1.49. The molecular weight excluding hydrogens is 186 g/mol. The first-order chi connectivity index (χ1) is 6.29. The van der Waals surface area contributed by atoms with Crippen LogP contribution in [0.15, 0.2) is 0 Å². The number of thioether (sulfide) groups is 1. The van der Waals surface area contributed by atoms with E-state index in [1.807, 2.05) is 11.8 Å². The van der Waals surface area contributed by atoms with Gasteiger partial charge in [-0.1, -0.05) is 0 Å². The summed E-state index contributed by atoms with van der Waals surface area (Å²) in [6.45, 7) is 2.08. The summed E-state index contributed by atoms with van der Waals surface area (Å²) in [6, 6.07) is 0. The minimum absolute atomic E-state index is 0.0283. The molecule has 0 radical (unpaired) electrons. The van der Waals surface area contributed by atoms with E-state index in [1.54, 1.807) is 0 Å². The third-order valence-electron chi connectivity index (χ3n) is 2.91. The van der Waals surface area contributed by atoms with Crippen LogP contribution in [0.5, 0.6) is 0 Å². The summed E-state index contributed by atoms with van der Waals surface area (Å²) in [4.78, 5) is 13.8. The molecule has 1 saturated carbocycles. The molecule has 0 spiro atoms. The van der Waals surface area contributed by atoms with Crippen molar-refractivity contribution in [2.45, 2.75) is 18.4 Å². The van der Waals surface area contributed by atoms with E-state index in [1.165, 1.54) is 7.11 Å². The average Bonchev–Trinajstić information content (AvgIpc) is 2.99. The number of carbonyl (C=O) groups excluding carboxylic acids is 1. The Labute approximate surface area is 82.8 Å². The molecule has 0 aromatic heterocycles. The highest BCUT2D eigenvalue weighted by Gasteiger charge is 2.55. The standard InChI is InChI=1S/C9H15NO2S/c1-12-8(11)9(2-3-9)10-4-6-13-7-5-10/h2-7H2,1H3.